The fourth-order valence-electron chi connectivity index (χ4n) is 2.79. The van der Waals surface area contributed by atoms with E-state index in [1.165, 1.54) is 35.7 Å². The van der Waals surface area contributed by atoms with Gasteiger partial charge in [-0.2, -0.15) is 0 Å². The summed E-state index contributed by atoms with van der Waals surface area (Å²) in [5.41, 5.74) is 0. The van der Waals surface area contributed by atoms with E-state index < -0.39 is 0 Å². The van der Waals surface area contributed by atoms with Crippen molar-refractivity contribution in [3.05, 3.63) is 21.9 Å². The van der Waals surface area contributed by atoms with E-state index in [-0.39, 0.29) is 0 Å². The number of rotatable bonds is 5. The van der Waals surface area contributed by atoms with Crippen LogP contribution in [0.3, 0.4) is 0 Å². The van der Waals surface area contributed by atoms with E-state index in [0.717, 1.165) is 31.5 Å². The zero-order valence-corrected chi connectivity index (χ0v) is 14.3. The van der Waals surface area contributed by atoms with Crippen LogP contribution >= 0.6 is 11.3 Å². The Bertz CT molecular complexity index is 455. The molecule has 21 heavy (non-hydrogen) atoms. The van der Waals surface area contributed by atoms with E-state index in [2.05, 4.69) is 46.5 Å². The van der Waals surface area contributed by atoms with Crippen LogP contribution in [0.5, 0.6) is 0 Å². The van der Waals surface area contributed by atoms with Crippen LogP contribution in [-0.2, 0) is 6.54 Å². The molecule has 4 nitrogen and oxygen atoms in total. The maximum absolute atomic E-state index is 4.29. The smallest absolute Gasteiger partial charge is 0.191 e. The van der Waals surface area contributed by atoms with Crippen LogP contribution in [0.2, 0.25) is 0 Å². The second-order valence-electron chi connectivity index (χ2n) is 5.91. The van der Waals surface area contributed by atoms with Gasteiger partial charge in [0.25, 0.3) is 0 Å². The Labute approximate surface area is 132 Å². The van der Waals surface area contributed by atoms with E-state index >= 15 is 0 Å². The average molecular weight is 308 g/mol. The van der Waals surface area contributed by atoms with Gasteiger partial charge in [-0.3, -0.25) is 4.99 Å². The van der Waals surface area contributed by atoms with Gasteiger partial charge in [-0.1, -0.05) is 6.92 Å². The van der Waals surface area contributed by atoms with E-state index in [1.54, 1.807) is 0 Å². The van der Waals surface area contributed by atoms with Gasteiger partial charge in [-0.05, 0) is 44.4 Å². The zero-order valence-electron chi connectivity index (χ0n) is 13.5. The van der Waals surface area contributed by atoms with Crippen LogP contribution in [0.25, 0.3) is 0 Å². The van der Waals surface area contributed by atoms with Crippen molar-refractivity contribution >= 4 is 17.3 Å². The number of hydrogen-bond acceptors (Lipinski definition) is 3. The molecule has 1 unspecified atom stereocenters. The van der Waals surface area contributed by atoms with Crippen LogP contribution in [0.1, 0.15) is 29.5 Å². The maximum Gasteiger partial charge on any atom is 0.191 e. The lowest BCUT2D eigenvalue weighted by molar-refractivity contribution is 0.187. The number of likely N-dealkylation sites (tertiary alicyclic amines) is 1. The molecule has 1 saturated heterocycles. The molecule has 0 amide bonds. The average Bonchev–Trinajstić information content (AvgIpc) is 2.88. The lowest BCUT2D eigenvalue weighted by Gasteiger charge is -2.30. The normalized spacial score (nSPS) is 20.5. The monoisotopic (exact) mass is 308 g/mol. The molecule has 0 aromatic carbocycles. The summed E-state index contributed by atoms with van der Waals surface area (Å²) in [6.45, 7) is 9.87. The molecule has 1 aromatic rings. The molecule has 0 saturated carbocycles. The number of aliphatic imine (C=N–C) groups is 1. The van der Waals surface area contributed by atoms with E-state index in [0.29, 0.717) is 0 Å². The molecule has 2 heterocycles. The molecule has 2 rings (SSSR count). The molecule has 1 aromatic heterocycles. The van der Waals surface area contributed by atoms with Crippen molar-refractivity contribution in [3.8, 4) is 0 Å². The summed E-state index contributed by atoms with van der Waals surface area (Å²) in [5, 5.41) is 6.79. The first-order valence-electron chi connectivity index (χ1n) is 7.89. The highest BCUT2D eigenvalue weighted by molar-refractivity contribution is 7.11. The molecule has 1 atom stereocenters. The van der Waals surface area contributed by atoms with Gasteiger partial charge in [0.2, 0.25) is 0 Å². The molecule has 1 aliphatic rings. The summed E-state index contributed by atoms with van der Waals surface area (Å²) >= 11 is 1.83. The molecule has 0 spiro atoms. The van der Waals surface area contributed by atoms with E-state index in [4.69, 9.17) is 0 Å². The number of nitrogens with zero attached hydrogens (tertiary/aromatic N) is 2. The minimum absolute atomic E-state index is 0.846. The Morgan fingerprint density at radius 2 is 2.29 bits per heavy atom. The Morgan fingerprint density at radius 3 is 2.95 bits per heavy atom. The highest BCUT2D eigenvalue weighted by atomic mass is 32.1. The molecule has 0 aliphatic carbocycles. The van der Waals surface area contributed by atoms with Crippen LogP contribution < -0.4 is 10.6 Å². The van der Waals surface area contributed by atoms with Crippen LogP contribution in [0.4, 0.5) is 0 Å². The predicted octanol–water partition coefficient (Wildman–Crippen LogP) is 2.45. The van der Waals surface area contributed by atoms with Crippen molar-refractivity contribution in [1.82, 2.24) is 15.5 Å². The fourth-order valence-corrected chi connectivity index (χ4v) is 3.62. The third kappa shape index (κ3) is 5.67. The van der Waals surface area contributed by atoms with Crippen LogP contribution in [0, 0.1) is 12.8 Å². The Balaban J connectivity index is 1.65. The molecule has 0 bridgehead atoms. The van der Waals surface area contributed by atoms with E-state index in [1.807, 2.05) is 18.4 Å². The number of nitrogens with one attached hydrogen (secondary N) is 2. The highest BCUT2D eigenvalue weighted by Crippen LogP contribution is 2.15. The Hall–Kier alpha value is -1.07. The molecular formula is C16H28N4S. The molecule has 2 N–H and O–H groups in total. The van der Waals surface area contributed by atoms with Crippen molar-refractivity contribution < 1.29 is 0 Å². The maximum atomic E-state index is 4.29. The van der Waals surface area contributed by atoms with Crippen molar-refractivity contribution in [2.45, 2.75) is 33.2 Å². The first-order chi connectivity index (χ1) is 10.2. The summed E-state index contributed by atoms with van der Waals surface area (Å²) < 4.78 is 0. The number of guanidine groups is 1. The van der Waals surface area contributed by atoms with Crippen molar-refractivity contribution in [1.29, 1.82) is 0 Å². The van der Waals surface area contributed by atoms with Crippen LogP contribution in [0.15, 0.2) is 17.1 Å². The number of hydrogen-bond donors (Lipinski definition) is 2. The van der Waals surface area contributed by atoms with Gasteiger partial charge in [0.05, 0.1) is 6.54 Å². The van der Waals surface area contributed by atoms with Crippen molar-refractivity contribution in [2.24, 2.45) is 10.9 Å². The third-order valence-corrected chi connectivity index (χ3v) is 4.91. The van der Waals surface area contributed by atoms with Gasteiger partial charge >= 0.3 is 0 Å². The molecule has 5 heteroatoms. The quantitative estimate of drug-likeness (QED) is 0.648. The number of piperidine rings is 1. The van der Waals surface area contributed by atoms with Crippen molar-refractivity contribution in [2.75, 3.05) is 33.2 Å². The molecule has 118 valence electrons. The number of thiophene rings is 1. The van der Waals surface area contributed by atoms with Gasteiger partial charge in [-0.15, -0.1) is 11.3 Å². The van der Waals surface area contributed by atoms with Gasteiger partial charge in [0, 0.05) is 36.4 Å². The van der Waals surface area contributed by atoms with Gasteiger partial charge in [0.15, 0.2) is 5.96 Å². The topological polar surface area (TPSA) is 39.7 Å². The summed E-state index contributed by atoms with van der Waals surface area (Å²) in [6, 6.07) is 4.34. The molecular weight excluding hydrogens is 280 g/mol. The second kappa shape index (κ2) is 8.39. The summed E-state index contributed by atoms with van der Waals surface area (Å²) in [7, 11) is 1.83. The standard InChI is InChI=1S/C16H28N4S/c1-13-5-4-9-20(12-13)10-8-18-16(17-3)19-11-15-7-6-14(2)21-15/h6-7,13H,4-5,8-12H2,1-3H3,(H2,17,18,19). The minimum Gasteiger partial charge on any atom is -0.355 e. The van der Waals surface area contributed by atoms with Crippen molar-refractivity contribution in [3.63, 3.8) is 0 Å². The molecule has 0 radical (unpaired) electrons. The SMILES string of the molecule is CN=C(NCCN1CCCC(C)C1)NCc1ccc(C)s1. The zero-order chi connectivity index (χ0) is 15.1. The Morgan fingerprint density at radius 1 is 1.43 bits per heavy atom. The first-order valence-corrected chi connectivity index (χ1v) is 8.71. The van der Waals surface area contributed by atoms with Gasteiger partial charge in [0.1, 0.15) is 0 Å². The van der Waals surface area contributed by atoms with Gasteiger partial charge < -0.3 is 15.5 Å². The molecule has 1 fully saturated rings. The largest absolute Gasteiger partial charge is 0.355 e. The third-order valence-electron chi connectivity index (χ3n) is 3.91. The highest BCUT2D eigenvalue weighted by Gasteiger charge is 2.15. The van der Waals surface area contributed by atoms with E-state index in [9.17, 15) is 0 Å². The minimum atomic E-state index is 0.846. The molecule has 1 aliphatic heterocycles. The Kier molecular flexibility index (Phi) is 6.51. The fraction of sp³-hybridized carbons (Fsp3) is 0.688. The van der Waals surface area contributed by atoms with Gasteiger partial charge in [-0.25, -0.2) is 0 Å². The summed E-state index contributed by atoms with van der Waals surface area (Å²) in [4.78, 5) is 9.54. The lowest BCUT2D eigenvalue weighted by Crippen LogP contribution is -2.43. The first kappa shape index (κ1) is 16.3. The second-order valence-corrected chi connectivity index (χ2v) is 7.29. The summed E-state index contributed by atoms with van der Waals surface area (Å²) in [5.74, 6) is 1.74. The number of aryl methyl sites for hydroxylation is 1. The lowest BCUT2D eigenvalue weighted by atomic mass is 10.0. The predicted molar refractivity (Wildman–Crippen MR) is 92.1 cm³/mol. The van der Waals surface area contributed by atoms with Crippen LogP contribution in [-0.4, -0.2) is 44.1 Å². The summed E-state index contributed by atoms with van der Waals surface area (Å²) in [6.07, 6.45) is 2.72.